The Morgan fingerprint density at radius 2 is 2.05 bits per heavy atom. The zero-order valence-corrected chi connectivity index (χ0v) is 9.83. The first-order valence-electron chi connectivity index (χ1n) is 5.48. The van der Waals surface area contributed by atoms with Gasteiger partial charge in [0.15, 0.2) is 5.82 Å². The number of hydrogen-bond donors (Lipinski definition) is 1. The lowest BCUT2D eigenvalue weighted by molar-refractivity contribution is -0.141. The van der Waals surface area contributed by atoms with E-state index in [-0.39, 0.29) is 0 Å². The molecule has 0 aromatic carbocycles. The second-order valence-corrected chi connectivity index (χ2v) is 3.88. The fourth-order valence-electron chi connectivity index (χ4n) is 1.58. The number of aromatic amines is 1. The third-order valence-corrected chi connectivity index (χ3v) is 2.54. The second kappa shape index (κ2) is 4.44. The van der Waals surface area contributed by atoms with E-state index >= 15 is 0 Å². The predicted molar refractivity (Wildman–Crippen MR) is 61.7 cm³/mol. The average Bonchev–Trinajstić information content (AvgIpc) is 3.09. The maximum atomic E-state index is 12.4. The number of aromatic nitrogens is 6. The number of imidazole rings is 1. The molecule has 3 aromatic heterocycles. The van der Waals surface area contributed by atoms with Crippen LogP contribution in [-0.2, 0) is 6.18 Å². The topological polar surface area (TPSA) is 72.3 Å². The van der Waals surface area contributed by atoms with Gasteiger partial charge in [-0.3, -0.25) is 14.6 Å². The molecule has 20 heavy (non-hydrogen) atoms. The van der Waals surface area contributed by atoms with Gasteiger partial charge in [-0.25, -0.2) is 4.98 Å². The van der Waals surface area contributed by atoms with Crippen molar-refractivity contribution in [1.29, 1.82) is 0 Å². The van der Waals surface area contributed by atoms with E-state index in [0.29, 0.717) is 17.3 Å². The van der Waals surface area contributed by atoms with Gasteiger partial charge in [0.1, 0.15) is 12.0 Å². The molecule has 0 aliphatic rings. The van der Waals surface area contributed by atoms with Gasteiger partial charge in [-0.05, 0) is 12.1 Å². The fraction of sp³-hybridized carbons (Fsp3) is 0.0909. The van der Waals surface area contributed by atoms with Crippen molar-refractivity contribution in [3.8, 4) is 17.3 Å². The number of hydrogen-bond acceptors (Lipinski definition) is 4. The van der Waals surface area contributed by atoms with Gasteiger partial charge < -0.3 is 0 Å². The van der Waals surface area contributed by atoms with Crippen LogP contribution in [0.1, 0.15) is 5.69 Å². The number of nitrogens with zero attached hydrogens (tertiary/aromatic N) is 5. The van der Waals surface area contributed by atoms with Crippen molar-refractivity contribution < 1.29 is 13.2 Å². The molecule has 0 amide bonds. The molecule has 3 heterocycles. The summed E-state index contributed by atoms with van der Waals surface area (Å²) >= 11 is 0. The first kappa shape index (κ1) is 12.3. The summed E-state index contributed by atoms with van der Waals surface area (Å²) < 4.78 is 38.8. The quantitative estimate of drug-likeness (QED) is 0.780. The van der Waals surface area contributed by atoms with Crippen molar-refractivity contribution in [3.05, 3.63) is 42.7 Å². The van der Waals surface area contributed by atoms with Crippen LogP contribution in [0.2, 0.25) is 0 Å². The lowest BCUT2D eigenvalue weighted by Gasteiger charge is -2.04. The van der Waals surface area contributed by atoms with Crippen LogP contribution < -0.4 is 0 Å². The summed E-state index contributed by atoms with van der Waals surface area (Å²) in [5, 5.41) is 6.58. The molecule has 0 aliphatic carbocycles. The SMILES string of the molecule is FC(F)(F)c1ccc(-c2nc(-n3ccnc3)n[nH]2)cn1. The zero-order valence-electron chi connectivity index (χ0n) is 9.83. The smallest absolute Gasteiger partial charge is 0.273 e. The molecule has 0 saturated carbocycles. The van der Waals surface area contributed by atoms with Gasteiger partial charge >= 0.3 is 6.18 Å². The summed E-state index contributed by atoms with van der Waals surface area (Å²) in [4.78, 5) is 11.4. The Bertz CT molecular complexity index is 699. The standard InChI is InChI=1S/C11H7F3N6/c12-11(13,14)8-2-1-7(5-16-8)9-17-10(19-18-9)20-4-3-15-6-20/h1-6H,(H,17,18,19). The highest BCUT2D eigenvalue weighted by Crippen LogP contribution is 2.28. The molecule has 0 unspecified atom stereocenters. The van der Waals surface area contributed by atoms with Crippen LogP contribution in [0, 0.1) is 0 Å². The highest BCUT2D eigenvalue weighted by molar-refractivity contribution is 5.53. The van der Waals surface area contributed by atoms with E-state index < -0.39 is 11.9 Å². The van der Waals surface area contributed by atoms with Crippen LogP contribution in [0.25, 0.3) is 17.3 Å². The third kappa shape index (κ3) is 2.25. The van der Waals surface area contributed by atoms with Crippen molar-refractivity contribution >= 4 is 0 Å². The number of alkyl halides is 3. The average molecular weight is 280 g/mol. The predicted octanol–water partition coefficient (Wildman–Crippen LogP) is 2.07. The minimum Gasteiger partial charge on any atom is -0.273 e. The van der Waals surface area contributed by atoms with Crippen molar-refractivity contribution in [2.24, 2.45) is 0 Å². The number of pyridine rings is 1. The molecule has 0 fully saturated rings. The summed E-state index contributed by atoms with van der Waals surface area (Å²) in [5.74, 6) is 0.673. The molecule has 6 nitrogen and oxygen atoms in total. The van der Waals surface area contributed by atoms with Crippen molar-refractivity contribution in [2.45, 2.75) is 6.18 Å². The molecule has 3 aromatic rings. The van der Waals surface area contributed by atoms with Gasteiger partial charge in [-0.2, -0.15) is 18.2 Å². The fourth-order valence-corrected chi connectivity index (χ4v) is 1.58. The van der Waals surface area contributed by atoms with Crippen molar-refractivity contribution in [2.75, 3.05) is 0 Å². The van der Waals surface area contributed by atoms with Gasteiger partial charge in [-0.1, -0.05) is 0 Å². The minimum absolute atomic E-state index is 0.329. The summed E-state index contributed by atoms with van der Waals surface area (Å²) in [5.41, 5.74) is -0.535. The van der Waals surface area contributed by atoms with Crippen LogP contribution in [0.15, 0.2) is 37.1 Å². The van der Waals surface area contributed by atoms with E-state index in [1.165, 1.54) is 12.4 Å². The molecule has 0 radical (unpaired) electrons. The molecule has 1 N–H and O–H groups in total. The zero-order chi connectivity index (χ0) is 14.2. The van der Waals surface area contributed by atoms with Crippen LogP contribution in [-0.4, -0.2) is 29.7 Å². The van der Waals surface area contributed by atoms with Gasteiger partial charge in [-0.15, -0.1) is 5.10 Å². The van der Waals surface area contributed by atoms with E-state index in [2.05, 4.69) is 25.1 Å². The highest BCUT2D eigenvalue weighted by Gasteiger charge is 2.32. The number of rotatable bonds is 2. The summed E-state index contributed by atoms with van der Waals surface area (Å²) in [6, 6.07) is 2.18. The molecule has 0 aliphatic heterocycles. The highest BCUT2D eigenvalue weighted by atomic mass is 19.4. The molecule has 3 rings (SSSR count). The number of halogens is 3. The van der Waals surface area contributed by atoms with Crippen molar-refractivity contribution in [1.82, 2.24) is 29.7 Å². The summed E-state index contributed by atoms with van der Waals surface area (Å²) in [6.07, 6.45) is 1.37. The largest absolute Gasteiger partial charge is 0.433 e. The summed E-state index contributed by atoms with van der Waals surface area (Å²) in [7, 11) is 0. The minimum atomic E-state index is -4.46. The molecule has 0 saturated heterocycles. The molecular formula is C11H7F3N6. The summed E-state index contributed by atoms with van der Waals surface area (Å²) in [6.45, 7) is 0. The maximum absolute atomic E-state index is 12.4. The maximum Gasteiger partial charge on any atom is 0.433 e. The van der Waals surface area contributed by atoms with E-state index in [1.807, 2.05) is 0 Å². The van der Waals surface area contributed by atoms with E-state index in [9.17, 15) is 13.2 Å². The number of nitrogens with one attached hydrogen (secondary N) is 1. The van der Waals surface area contributed by atoms with Gasteiger partial charge in [0.2, 0.25) is 0 Å². The normalized spacial score (nSPS) is 11.8. The molecule has 102 valence electrons. The first-order valence-corrected chi connectivity index (χ1v) is 5.48. The van der Waals surface area contributed by atoms with Gasteiger partial charge in [0.05, 0.1) is 0 Å². The van der Waals surface area contributed by atoms with Gasteiger partial charge in [0, 0.05) is 24.2 Å². The van der Waals surface area contributed by atoms with Gasteiger partial charge in [0.25, 0.3) is 5.95 Å². The van der Waals surface area contributed by atoms with Crippen LogP contribution in [0.4, 0.5) is 13.2 Å². The van der Waals surface area contributed by atoms with E-state index in [4.69, 9.17) is 0 Å². The lowest BCUT2D eigenvalue weighted by Crippen LogP contribution is -2.07. The number of H-pyrrole nitrogens is 1. The Morgan fingerprint density at radius 1 is 1.20 bits per heavy atom. The third-order valence-electron chi connectivity index (χ3n) is 2.54. The second-order valence-electron chi connectivity index (χ2n) is 3.88. The Hall–Kier alpha value is -2.71. The van der Waals surface area contributed by atoms with E-state index in [0.717, 1.165) is 12.3 Å². The molecule has 0 bridgehead atoms. The Kier molecular flexibility index (Phi) is 2.74. The molecular weight excluding hydrogens is 273 g/mol. The van der Waals surface area contributed by atoms with Crippen molar-refractivity contribution in [3.63, 3.8) is 0 Å². The Morgan fingerprint density at radius 3 is 2.65 bits per heavy atom. The Labute approximate surface area is 110 Å². The molecule has 0 atom stereocenters. The first-order chi connectivity index (χ1) is 9.54. The Balaban J connectivity index is 1.90. The molecule has 9 heteroatoms. The monoisotopic (exact) mass is 280 g/mol. The molecule has 0 spiro atoms. The lowest BCUT2D eigenvalue weighted by atomic mass is 10.2. The van der Waals surface area contributed by atoms with E-state index in [1.54, 1.807) is 17.0 Å². The van der Waals surface area contributed by atoms with Crippen LogP contribution in [0.3, 0.4) is 0 Å². The van der Waals surface area contributed by atoms with Crippen LogP contribution in [0.5, 0.6) is 0 Å². The van der Waals surface area contributed by atoms with Crippen LogP contribution >= 0.6 is 0 Å².